The highest BCUT2D eigenvalue weighted by atomic mass is 16.5. The molecule has 1 fully saturated rings. The summed E-state index contributed by atoms with van der Waals surface area (Å²) in [5.74, 6) is 2.66. The number of nitrogens with zero attached hydrogens (tertiary/aromatic N) is 4. The van der Waals surface area contributed by atoms with Crippen LogP contribution in [0.5, 0.6) is 5.75 Å². The maximum absolute atomic E-state index is 5.72. The average molecular weight is 342 g/mol. The molecule has 1 atom stereocenters. The number of benzene rings is 1. The Morgan fingerprint density at radius 2 is 2.16 bits per heavy atom. The van der Waals surface area contributed by atoms with Gasteiger partial charge in [0.15, 0.2) is 0 Å². The van der Waals surface area contributed by atoms with Crippen molar-refractivity contribution in [2.75, 3.05) is 45.4 Å². The molecule has 1 aromatic heterocycles. The van der Waals surface area contributed by atoms with E-state index in [1.54, 1.807) is 7.11 Å². The lowest BCUT2D eigenvalue weighted by Crippen LogP contribution is -2.40. The van der Waals surface area contributed by atoms with Gasteiger partial charge in [0, 0.05) is 38.4 Å². The fourth-order valence-electron chi connectivity index (χ4n) is 3.02. The molecule has 2 heterocycles. The average Bonchev–Trinajstić information content (AvgIpc) is 2.68. The van der Waals surface area contributed by atoms with Gasteiger partial charge in [-0.15, -0.1) is 0 Å². The molecule has 6 nitrogen and oxygen atoms in total. The fourth-order valence-corrected chi connectivity index (χ4v) is 3.02. The summed E-state index contributed by atoms with van der Waals surface area (Å²) in [6, 6.07) is 10.1. The van der Waals surface area contributed by atoms with E-state index >= 15 is 0 Å². The number of hydrogen-bond acceptors (Lipinski definition) is 6. The third-order valence-electron chi connectivity index (χ3n) is 4.63. The first-order chi connectivity index (χ1) is 12.2. The number of rotatable bonds is 6. The molecule has 1 aromatic carbocycles. The molecule has 0 unspecified atom stereocenters. The van der Waals surface area contributed by atoms with E-state index in [4.69, 9.17) is 14.5 Å². The Labute approximate surface area is 149 Å². The van der Waals surface area contributed by atoms with Crippen molar-refractivity contribution >= 4 is 5.82 Å². The van der Waals surface area contributed by atoms with Crippen LogP contribution < -0.4 is 9.64 Å². The van der Waals surface area contributed by atoms with E-state index in [1.165, 1.54) is 5.56 Å². The maximum atomic E-state index is 5.72. The van der Waals surface area contributed by atoms with Gasteiger partial charge >= 0.3 is 0 Å². The maximum Gasteiger partial charge on any atom is 0.150 e. The van der Waals surface area contributed by atoms with Crippen molar-refractivity contribution in [3.63, 3.8) is 0 Å². The lowest BCUT2D eigenvalue weighted by atomic mass is 10.1. The molecule has 134 valence electrons. The highest BCUT2D eigenvalue weighted by molar-refractivity contribution is 5.36. The Balaban J connectivity index is 1.84. The molecule has 2 aromatic rings. The molecule has 1 aliphatic rings. The van der Waals surface area contributed by atoms with Gasteiger partial charge in [-0.2, -0.15) is 0 Å². The molecule has 6 heteroatoms. The Kier molecular flexibility index (Phi) is 5.83. The van der Waals surface area contributed by atoms with Crippen LogP contribution in [0.1, 0.15) is 24.4 Å². The number of para-hydroxylation sites is 1. The Morgan fingerprint density at radius 3 is 2.96 bits per heavy atom. The summed E-state index contributed by atoms with van der Waals surface area (Å²) in [6.45, 7) is 5.98. The minimum Gasteiger partial charge on any atom is -0.496 e. The topological polar surface area (TPSA) is 50.7 Å². The number of ether oxygens (including phenoxy) is 2. The SMILES string of the molecule is CCN(C)c1ccnc([C@H]2COCCN2Cc2ccccc2OC)n1. The van der Waals surface area contributed by atoms with E-state index < -0.39 is 0 Å². The number of morpholine rings is 1. The smallest absolute Gasteiger partial charge is 0.150 e. The quantitative estimate of drug-likeness (QED) is 0.804. The first-order valence-corrected chi connectivity index (χ1v) is 8.70. The summed E-state index contributed by atoms with van der Waals surface area (Å²) < 4.78 is 11.2. The highest BCUT2D eigenvalue weighted by Crippen LogP contribution is 2.27. The second-order valence-corrected chi connectivity index (χ2v) is 6.16. The van der Waals surface area contributed by atoms with Crippen molar-refractivity contribution in [1.29, 1.82) is 0 Å². The van der Waals surface area contributed by atoms with Crippen LogP contribution in [0.25, 0.3) is 0 Å². The Hall–Kier alpha value is -2.18. The van der Waals surface area contributed by atoms with E-state index in [9.17, 15) is 0 Å². The van der Waals surface area contributed by atoms with Gasteiger partial charge < -0.3 is 14.4 Å². The zero-order valence-electron chi connectivity index (χ0n) is 15.2. The lowest BCUT2D eigenvalue weighted by Gasteiger charge is -2.35. The summed E-state index contributed by atoms with van der Waals surface area (Å²) in [5, 5.41) is 0. The first-order valence-electron chi connectivity index (χ1n) is 8.70. The summed E-state index contributed by atoms with van der Waals surface area (Å²) >= 11 is 0. The number of hydrogen-bond donors (Lipinski definition) is 0. The minimum absolute atomic E-state index is 0.0452. The van der Waals surface area contributed by atoms with Crippen molar-refractivity contribution in [2.24, 2.45) is 0 Å². The van der Waals surface area contributed by atoms with E-state index in [2.05, 4.69) is 27.8 Å². The van der Waals surface area contributed by atoms with Crippen molar-refractivity contribution in [3.05, 3.63) is 47.9 Å². The fraction of sp³-hybridized carbons (Fsp3) is 0.474. The van der Waals surface area contributed by atoms with Crippen LogP contribution in [0.15, 0.2) is 36.5 Å². The van der Waals surface area contributed by atoms with Gasteiger partial charge in [-0.05, 0) is 19.1 Å². The second-order valence-electron chi connectivity index (χ2n) is 6.16. The molecule has 25 heavy (non-hydrogen) atoms. The summed E-state index contributed by atoms with van der Waals surface area (Å²) in [7, 11) is 3.75. The standard InChI is InChI=1S/C19H26N4O2/c1-4-22(2)18-9-10-20-19(21-18)16-14-25-12-11-23(16)13-15-7-5-6-8-17(15)24-3/h5-10,16H,4,11-14H2,1-3H3/t16-/m1/s1. The van der Waals surface area contributed by atoms with Crippen LogP contribution in [0, 0.1) is 0 Å². The first kappa shape index (κ1) is 17.6. The van der Waals surface area contributed by atoms with Gasteiger partial charge in [0.2, 0.25) is 0 Å². The van der Waals surface area contributed by atoms with Crippen LogP contribution in [0.4, 0.5) is 5.82 Å². The monoisotopic (exact) mass is 342 g/mol. The lowest BCUT2D eigenvalue weighted by molar-refractivity contribution is -0.0161. The molecule has 0 radical (unpaired) electrons. The predicted octanol–water partition coefficient (Wildman–Crippen LogP) is 2.51. The Bertz CT molecular complexity index is 695. The third kappa shape index (κ3) is 4.08. The highest BCUT2D eigenvalue weighted by Gasteiger charge is 2.28. The van der Waals surface area contributed by atoms with Crippen LogP contribution >= 0.6 is 0 Å². The zero-order chi connectivity index (χ0) is 17.6. The summed E-state index contributed by atoms with van der Waals surface area (Å²) in [6.07, 6.45) is 1.83. The summed E-state index contributed by atoms with van der Waals surface area (Å²) in [4.78, 5) is 13.8. The van der Waals surface area contributed by atoms with Crippen molar-refractivity contribution in [2.45, 2.75) is 19.5 Å². The van der Waals surface area contributed by atoms with Gasteiger partial charge in [0.25, 0.3) is 0 Å². The predicted molar refractivity (Wildman–Crippen MR) is 97.9 cm³/mol. The van der Waals surface area contributed by atoms with Crippen molar-refractivity contribution in [1.82, 2.24) is 14.9 Å². The van der Waals surface area contributed by atoms with Crippen LogP contribution in [-0.2, 0) is 11.3 Å². The number of methoxy groups -OCH3 is 1. The van der Waals surface area contributed by atoms with Gasteiger partial charge in [-0.25, -0.2) is 9.97 Å². The molecular weight excluding hydrogens is 316 g/mol. The largest absolute Gasteiger partial charge is 0.496 e. The van der Waals surface area contributed by atoms with Crippen molar-refractivity contribution < 1.29 is 9.47 Å². The molecule has 1 saturated heterocycles. The van der Waals surface area contributed by atoms with Gasteiger partial charge in [0.05, 0.1) is 26.4 Å². The molecule has 1 aliphatic heterocycles. The molecule has 0 spiro atoms. The molecule has 0 N–H and O–H groups in total. The van der Waals surface area contributed by atoms with Gasteiger partial charge in [-0.3, -0.25) is 4.90 Å². The number of anilines is 1. The van der Waals surface area contributed by atoms with E-state index in [0.717, 1.165) is 43.6 Å². The Morgan fingerprint density at radius 1 is 1.32 bits per heavy atom. The zero-order valence-corrected chi connectivity index (χ0v) is 15.2. The second kappa shape index (κ2) is 8.27. The number of aromatic nitrogens is 2. The minimum atomic E-state index is 0.0452. The van der Waals surface area contributed by atoms with E-state index in [-0.39, 0.29) is 6.04 Å². The van der Waals surface area contributed by atoms with E-state index in [0.29, 0.717) is 6.61 Å². The molecule has 0 amide bonds. The van der Waals surface area contributed by atoms with Crippen LogP contribution in [-0.4, -0.2) is 55.3 Å². The third-order valence-corrected chi connectivity index (χ3v) is 4.63. The molecule has 0 bridgehead atoms. The normalized spacial score (nSPS) is 18.1. The van der Waals surface area contributed by atoms with Crippen LogP contribution in [0.3, 0.4) is 0 Å². The van der Waals surface area contributed by atoms with Crippen molar-refractivity contribution in [3.8, 4) is 5.75 Å². The molecule has 3 rings (SSSR count). The molecular formula is C19H26N4O2. The summed E-state index contributed by atoms with van der Waals surface area (Å²) in [5.41, 5.74) is 1.17. The van der Waals surface area contributed by atoms with Crippen LogP contribution in [0.2, 0.25) is 0 Å². The molecule has 0 aliphatic carbocycles. The molecule has 0 saturated carbocycles. The van der Waals surface area contributed by atoms with Gasteiger partial charge in [-0.1, -0.05) is 18.2 Å². The van der Waals surface area contributed by atoms with E-state index in [1.807, 2.05) is 37.5 Å². The van der Waals surface area contributed by atoms with Gasteiger partial charge in [0.1, 0.15) is 17.4 Å².